The third-order valence-corrected chi connectivity index (χ3v) is 5.69. The fourth-order valence-corrected chi connectivity index (χ4v) is 4.19. The van der Waals surface area contributed by atoms with E-state index in [1.54, 1.807) is 0 Å². The first-order chi connectivity index (χ1) is 7.96. The Labute approximate surface area is 102 Å². The Hall–Kier alpha value is -0.620. The van der Waals surface area contributed by atoms with E-state index < -0.39 is 21.5 Å². The molecule has 17 heavy (non-hydrogen) atoms. The van der Waals surface area contributed by atoms with E-state index in [9.17, 15) is 18.3 Å². The predicted molar refractivity (Wildman–Crippen MR) is 63.1 cm³/mol. The molecule has 5 nitrogen and oxygen atoms in total. The standard InChI is InChI=1S/C11H19NO4S/c13-10(14)11(7-3-1-2-4-8-11)12-17(15,16)9-5-6-9/h9,12H,1-8H2,(H,13,14). The zero-order chi connectivity index (χ0) is 12.5. The fraction of sp³-hybridized carbons (Fsp3) is 0.909. The lowest BCUT2D eigenvalue weighted by Crippen LogP contribution is -2.54. The van der Waals surface area contributed by atoms with Crippen LogP contribution < -0.4 is 4.72 Å². The molecule has 0 aliphatic heterocycles. The van der Waals surface area contributed by atoms with E-state index in [1.807, 2.05) is 0 Å². The maximum absolute atomic E-state index is 11.9. The number of hydrogen-bond acceptors (Lipinski definition) is 3. The van der Waals surface area contributed by atoms with Gasteiger partial charge in [-0.1, -0.05) is 25.7 Å². The highest BCUT2D eigenvalue weighted by Crippen LogP contribution is 2.33. The van der Waals surface area contributed by atoms with Crippen LogP contribution in [0.3, 0.4) is 0 Å². The molecule has 0 saturated heterocycles. The van der Waals surface area contributed by atoms with E-state index >= 15 is 0 Å². The summed E-state index contributed by atoms with van der Waals surface area (Å²) < 4.78 is 26.3. The fourth-order valence-electron chi connectivity index (χ4n) is 2.43. The van der Waals surface area contributed by atoms with Gasteiger partial charge in [0.1, 0.15) is 5.54 Å². The van der Waals surface area contributed by atoms with Crippen LogP contribution in [-0.2, 0) is 14.8 Å². The van der Waals surface area contributed by atoms with Gasteiger partial charge >= 0.3 is 5.97 Å². The van der Waals surface area contributed by atoms with Gasteiger partial charge in [-0.15, -0.1) is 0 Å². The van der Waals surface area contributed by atoms with Crippen LogP contribution in [-0.4, -0.2) is 30.3 Å². The monoisotopic (exact) mass is 261 g/mol. The second-order valence-corrected chi connectivity index (χ2v) is 7.11. The second-order valence-electron chi connectivity index (χ2n) is 5.15. The number of aliphatic carboxylic acids is 1. The van der Waals surface area contributed by atoms with E-state index in [-0.39, 0.29) is 5.25 Å². The molecule has 2 aliphatic carbocycles. The summed E-state index contributed by atoms with van der Waals surface area (Å²) in [5.74, 6) is -1.02. The quantitative estimate of drug-likeness (QED) is 0.746. The summed E-state index contributed by atoms with van der Waals surface area (Å²) in [5.41, 5.74) is -1.25. The number of nitrogens with one attached hydrogen (secondary N) is 1. The van der Waals surface area contributed by atoms with Crippen molar-refractivity contribution < 1.29 is 18.3 Å². The number of carbonyl (C=O) groups is 1. The molecular formula is C11H19NO4S. The molecule has 0 amide bonds. The van der Waals surface area contributed by atoms with Gasteiger partial charge in [-0.25, -0.2) is 8.42 Å². The van der Waals surface area contributed by atoms with Crippen molar-refractivity contribution in [3.05, 3.63) is 0 Å². The third kappa shape index (κ3) is 2.80. The summed E-state index contributed by atoms with van der Waals surface area (Å²) in [7, 11) is -3.44. The van der Waals surface area contributed by atoms with Gasteiger partial charge in [-0.3, -0.25) is 4.79 Å². The first-order valence-electron chi connectivity index (χ1n) is 6.22. The smallest absolute Gasteiger partial charge is 0.324 e. The highest BCUT2D eigenvalue weighted by Gasteiger charge is 2.46. The summed E-state index contributed by atoms with van der Waals surface area (Å²) >= 11 is 0. The Morgan fingerprint density at radius 3 is 2.06 bits per heavy atom. The van der Waals surface area contributed by atoms with Crippen LogP contribution in [0, 0.1) is 0 Å². The lowest BCUT2D eigenvalue weighted by atomic mass is 9.92. The molecule has 0 radical (unpaired) electrons. The average molecular weight is 261 g/mol. The van der Waals surface area contributed by atoms with Crippen LogP contribution in [0.4, 0.5) is 0 Å². The van der Waals surface area contributed by atoms with Crippen LogP contribution in [0.1, 0.15) is 51.4 Å². The molecule has 0 heterocycles. The Kier molecular flexibility index (Phi) is 3.45. The molecule has 0 aromatic rings. The van der Waals surface area contributed by atoms with Gasteiger partial charge in [0.05, 0.1) is 5.25 Å². The van der Waals surface area contributed by atoms with Crippen LogP contribution in [0.25, 0.3) is 0 Å². The topological polar surface area (TPSA) is 83.5 Å². The third-order valence-electron chi connectivity index (χ3n) is 3.67. The molecule has 2 N–H and O–H groups in total. The first kappa shape index (κ1) is 12.8. The SMILES string of the molecule is O=C(O)C1(NS(=O)(=O)C2CC2)CCCCCC1. The Morgan fingerprint density at radius 2 is 1.65 bits per heavy atom. The lowest BCUT2D eigenvalue weighted by Gasteiger charge is -2.28. The zero-order valence-electron chi connectivity index (χ0n) is 9.81. The van der Waals surface area contributed by atoms with Crippen LogP contribution >= 0.6 is 0 Å². The maximum Gasteiger partial charge on any atom is 0.324 e. The zero-order valence-corrected chi connectivity index (χ0v) is 10.6. The summed E-state index contributed by atoms with van der Waals surface area (Å²) in [6, 6.07) is 0. The minimum Gasteiger partial charge on any atom is -0.480 e. The minimum atomic E-state index is -3.44. The highest BCUT2D eigenvalue weighted by atomic mass is 32.2. The molecule has 6 heteroatoms. The summed E-state index contributed by atoms with van der Waals surface area (Å²) in [6.07, 6.45) is 5.66. The number of carboxylic acid groups (broad SMARTS) is 1. The Morgan fingerprint density at radius 1 is 1.12 bits per heavy atom. The van der Waals surface area contributed by atoms with Crippen molar-refractivity contribution in [1.82, 2.24) is 4.72 Å². The lowest BCUT2D eigenvalue weighted by molar-refractivity contribution is -0.144. The number of hydrogen-bond donors (Lipinski definition) is 2. The number of carboxylic acids is 1. The molecule has 0 aromatic heterocycles. The molecule has 2 saturated carbocycles. The molecular weight excluding hydrogens is 242 g/mol. The predicted octanol–water partition coefficient (Wildman–Crippen LogP) is 1.25. The van der Waals surface area contributed by atoms with Crippen LogP contribution in [0.2, 0.25) is 0 Å². The van der Waals surface area contributed by atoms with Gasteiger partial charge in [0, 0.05) is 0 Å². The molecule has 98 valence electrons. The van der Waals surface area contributed by atoms with E-state index in [2.05, 4.69) is 4.72 Å². The Bertz CT molecular complexity index is 392. The van der Waals surface area contributed by atoms with Crippen molar-refractivity contribution in [3.63, 3.8) is 0 Å². The van der Waals surface area contributed by atoms with Crippen molar-refractivity contribution in [2.24, 2.45) is 0 Å². The van der Waals surface area contributed by atoms with Crippen molar-refractivity contribution >= 4 is 16.0 Å². The highest BCUT2D eigenvalue weighted by molar-refractivity contribution is 7.90. The molecule has 0 spiro atoms. The van der Waals surface area contributed by atoms with E-state index in [0.29, 0.717) is 25.7 Å². The molecule has 0 atom stereocenters. The van der Waals surface area contributed by atoms with Crippen LogP contribution in [0.15, 0.2) is 0 Å². The van der Waals surface area contributed by atoms with Gasteiger partial charge < -0.3 is 5.11 Å². The summed E-state index contributed by atoms with van der Waals surface area (Å²) in [5, 5.41) is 8.99. The van der Waals surface area contributed by atoms with Gasteiger partial charge in [0.25, 0.3) is 0 Å². The first-order valence-corrected chi connectivity index (χ1v) is 7.77. The van der Waals surface area contributed by atoms with Gasteiger partial charge in [0.2, 0.25) is 10.0 Å². The second kappa shape index (κ2) is 4.57. The van der Waals surface area contributed by atoms with Gasteiger partial charge in [-0.2, -0.15) is 4.72 Å². The normalized spacial score (nSPS) is 25.2. The summed E-state index contributed by atoms with van der Waals surface area (Å²) in [4.78, 5) is 11.4. The summed E-state index contributed by atoms with van der Waals surface area (Å²) in [6.45, 7) is 0. The molecule has 2 rings (SSSR count). The van der Waals surface area contributed by atoms with Gasteiger partial charge in [0.15, 0.2) is 0 Å². The molecule has 2 aliphatic rings. The number of sulfonamides is 1. The van der Waals surface area contributed by atoms with Crippen molar-refractivity contribution in [3.8, 4) is 0 Å². The van der Waals surface area contributed by atoms with E-state index in [0.717, 1.165) is 25.7 Å². The van der Waals surface area contributed by atoms with E-state index in [1.165, 1.54) is 0 Å². The molecule has 0 unspecified atom stereocenters. The Balaban J connectivity index is 2.18. The molecule has 0 aromatic carbocycles. The van der Waals surface area contributed by atoms with Crippen LogP contribution in [0.5, 0.6) is 0 Å². The van der Waals surface area contributed by atoms with Crippen molar-refractivity contribution in [1.29, 1.82) is 0 Å². The molecule has 2 fully saturated rings. The number of rotatable bonds is 4. The van der Waals surface area contributed by atoms with Crippen molar-refractivity contribution in [2.45, 2.75) is 62.2 Å². The van der Waals surface area contributed by atoms with Gasteiger partial charge in [-0.05, 0) is 25.7 Å². The largest absolute Gasteiger partial charge is 0.480 e. The average Bonchev–Trinajstić information content (AvgIpc) is 3.04. The van der Waals surface area contributed by atoms with Crippen molar-refractivity contribution in [2.75, 3.05) is 0 Å². The minimum absolute atomic E-state index is 0.359. The van der Waals surface area contributed by atoms with E-state index in [4.69, 9.17) is 0 Å². The molecule has 0 bridgehead atoms. The maximum atomic E-state index is 11.9.